The van der Waals surface area contributed by atoms with Crippen LogP contribution in [0.2, 0.25) is 0 Å². The largest absolute Gasteiger partial charge is 0.348 e. The van der Waals surface area contributed by atoms with Crippen LogP contribution < -0.4 is 10.6 Å². The summed E-state index contributed by atoms with van der Waals surface area (Å²) in [5.74, 6) is 0. The maximum atomic E-state index is 5.48. The Hall–Kier alpha value is -0.870. The minimum absolute atomic E-state index is 0.716. The molecule has 1 aromatic heterocycles. The predicted molar refractivity (Wildman–Crippen MR) is 75.6 cm³/mol. The highest BCUT2D eigenvalue weighted by Crippen LogP contribution is 2.29. The van der Waals surface area contributed by atoms with Gasteiger partial charge in [0.05, 0.1) is 10.6 Å². The number of nitrogens with two attached hydrogens (primary N) is 1. The molecule has 2 N–H and O–H groups in total. The highest BCUT2D eigenvalue weighted by atomic mass is 32.1. The van der Waals surface area contributed by atoms with E-state index in [1.807, 2.05) is 0 Å². The lowest BCUT2D eigenvalue weighted by Crippen LogP contribution is -2.29. The summed E-state index contributed by atoms with van der Waals surface area (Å²) in [6.07, 6.45) is 9.21. The highest BCUT2D eigenvalue weighted by molar-refractivity contribution is 7.16. The number of aromatic nitrogens is 1. The molecule has 17 heavy (non-hydrogen) atoms. The molecule has 0 aromatic carbocycles. The molecule has 0 saturated carbocycles. The third-order valence-corrected chi connectivity index (χ3v) is 4.23. The van der Waals surface area contributed by atoms with E-state index in [1.165, 1.54) is 42.4 Å². The average Bonchev–Trinajstić information content (AvgIpc) is 2.73. The maximum Gasteiger partial charge on any atom is 0.186 e. The Bertz CT molecular complexity index is 378. The number of hydrogen-bond donors (Lipinski definition) is 1. The van der Waals surface area contributed by atoms with Gasteiger partial charge in [-0.2, -0.15) is 0 Å². The second-order valence-electron chi connectivity index (χ2n) is 4.47. The Morgan fingerprint density at radius 2 is 2.12 bits per heavy atom. The van der Waals surface area contributed by atoms with Crippen LogP contribution in [0.3, 0.4) is 0 Å². The van der Waals surface area contributed by atoms with Gasteiger partial charge < -0.3 is 10.6 Å². The molecule has 3 nitrogen and oxygen atoms in total. The molecule has 0 unspecified atom stereocenters. The summed E-state index contributed by atoms with van der Waals surface area (Å²) in [6.45, 7) is 5.14. The molecule has 1 saturated heterocycles. The molecule has 4 heteroatoms. The molecule has 1 aliphatic heterocycles. The standard InChI is InChI=1S/C13H21N3S/c1-11-12(7-3-4-8-14)17-13(15-11)16-9-5-2-6-10-16/h3,7H,2,4-6,8-10,14H2,1H3. The van der Waals surface area contributed by atoms with Crippen LogP contribution in [0.4, 0.5) is 5.13 Å². The molecular formula is C13H21N3S. The van der Waals surface area contributed by atoms with Crippen molar-refractivity contribution >= 4 is 22.5 Å². The van der Waals surface area contributed by atoms with Crippen molar-refractivity contribution in [2.24, 2.45) is 5.73 Å². The van der Waals surface area contributed by atoms with Crippen LogP contribution in [0.5, 0.6) is 0 Å². The van der Waals surface area contributed by atoms with Gasteiger partial charge in [-0.15, -0.1) is 0 Å². The molecule has 0 aliphatic carbocycles. The number of thiazole rings is 1. The summed E-state index contributed by atoms with van der Waals surface area (Å²) < 4.78 is 0. The van der Waals surface area contributed by atoms with E-state index in [2.05, 4.69) is 29.0 Å². The van der Waals surface area contributed by atoms with Crippen molar-refractivity contribution in [3.05, 3.63) is 16.6 Å². The van der Waals surface area contributed by atoms with Gasteiger partial charge in [0.25, 0.3) is 0 Å². The van der Waals surface area contributed by atoms with E-state index in [9.17, 15) is 0 Å². The van der Waals surface area contributed by atoms with E-state index in [0.29, 0.717) is 6.54 Å². The van der Waals surface area contributed by atoms with E-state index >= 15 is 0 Å². The SMILES string of the molecule is Cc1nc(N2CCCCC2)sc1C=CCCN. The Balaban J connectivity index is 2.06. The molecule has 1 aliphatic rings. The number of anilines is 1. The first-order valence-electron chi connectivity index (χ1n) is 6.40. The highest BCUT2D eigenvalue weighted by Gasteiger charge is 2.15. The number of piperidine rings is 1. The predicted octanol–water partition coefficient (Wildman–Crippen LogP) is 2.80. The van der Waals surface area contributed by atoms with E-state index < -0.39 is 0 Å². The Labute approximate surface area is 107 Å². The normalized spacial score (nSPS) is 16.9. The number of rotatable bonds is 4. The molecule has 0 amide bonds. The first-order chi connectivity index (χ1) is 8.31. The Kier molecular flexibility index (Phi) is 4.57. The van der Waals surface area contributed by atoms with E-state index in [1.54, 1.807) is 11.3 Å². The van der Waals surface area contributed by atoms with Crippen molar-refractivity contribution in [1.82, 2.24) is 4.98 Å². The molecule has 1 aromatic rings. The summed E-state index contributed by atoms with van der Waals surface area (Å²) in [7, 11) is 0. The van der Waals surface area contributed by atoms with Crippen LogP contribution in [0.15, 0.2) is 6.08 Å². The van der Waals surface area contributed by atoms with Gasteiger partial charge in [-0.05, 0) is 45.2 Å². The Morgan fingerprint density at radius 1 is 1.35 bits per heavy atom. The second kappa shape index (κ2) is 6.17. The van der Waals surface area contributed by atoms with Gasteiger partial charge in [0, 0.05) is 13.1 Å². The second-order valence-corrected chi connectivity index (χ2v) is 5.48. The molecule has 94 valence electrons. The molecular weight excluding hydrogens is 230 g/mol. The maximum absolute atomic E-state index is 5.48. The minimum Gasteiger partial charge on any atom is -0.348 e. The molecule has 0 bridgehead atoms. The lowest BCUT2D eigenvalue weighted by Gasteiger charge is -2.25. The average molecular weight is 251 g/mol. The van der Waals surface area contributed by atoms with Gasteiger partial charge >= 0.3 is 0 Å². The van der Waals surface area contributed by atoms with E-state index in [-0.39, 0.29) is 0 Å². The summed E-state index contributed by atoms with van der Waals surface area (Å²) in [6, 6.07) is 0. The van der Waals surface area contributed by atoms with Crippen LogP contribution in [0.25, 0.3) is 6.08 Å². The quantitative estimate of drug-likeness (QED) is 0.894. The van der Waals surface area contributed by atoms with Gasteiger partial charge in [-0.25, -0.2) is 4.98 Å². The minimum atomic E-state index is 0.716. The number of aryl methyl sites for hydroxylation is 1. The van der Waals surface area contributed by atoms with Crippen molar-refractivity contribution in [2.45, 2.75) is 32.6 Å². The zero-order chi connectivity index (χ0) is 12.1. The van der Waals surface area contributed by atoms with E-state index in [4.69, 9.17) is 5.73 Å². The molecule has 2 heterocycles. The first-order valence-corrected chi connectivity index (χ1v) is 7.22. The third-order valence-electron chi connectivity index (χ3n) is 3.05. The van der Waals surface area contributed by atoms with Crippen LogP contribution in [-0.4, -0.2) is 24.6 Å². The summed E-state index contributed by atoms with van der Waals surface area (Å²) in [5.41, 5.74) is 6.62. The van der Waals surface area contributed by atoms with Crippen LogP contribution in [-0.2, 0) is 0 Å². The van der Waals surface area contributed by atoms with Crippen molar-refractivity contribution in [3.8, 4) is 0 Å². The molecule has 1 fully saturated rings. The molecule has 0 radical (unpaired) electrons. The van der Waals surface area contributed by atoms with Crippen molar-refractivity contribution < 1.29 is 0 Å². The van der Waals surface area contributed by atoms with Gasteiger partial charge in [-0.1, -0.05) is 17.4 Å². The summed E-state index contributed by atoms with van der Waals surface area (Å²) >= 11 is 1.80. The van der Waals surface area contributed by atoms with Gasteiger partial charge in [0.15, 0.2) is 5.13 Å². The monoisotopic (exact) mass is 251 g/mol. The van der Waals surface area contributed by atoms with Crippen molar-refractivity contribution in [3.63, 3.8) is 0 Å². The number of nitrogens with zero attached hydrogens (tertiary/aromatic N) is 2. The smallest absolute Gasteiger partial charge is 0.186 e. The van der Waals surface area contributed by atoms with Gasteiger partial charge in [0.2, 0.25) is 0 Å². The molecule has 2 rings (SSSR count). The van der Waals surface area contributed by atoms with Crippen LogP contribution in [0.1, 0.15) is 36.3 Å². The Morgan fingerprint density at radius 3 is 2.82 bits per heavy atom. The first kappa shape index (κ1) is 12.6. The number of hydrogen-bond acceptors (Lipinski definition) is 4. The van der Waals surface area contributed by atoms with Gasteiger partial charge in [0.1, 0.15) is 0 Å². The van der Waals surface area contributed by atoms with Crippen molar-refractivity contribution in [2.75, 3.05) is 24.5 Å². The van der Waals surface area contributed by atoms with E-state index in [0.717, 1.165) is 12.1 Å². The zero-order valence-electron chi connectivity index (χ0n) is 10.5. The van der Waals surface area contributed by atoms with Crippen molar-refractivity contribution in [1.29, 1.82) is 0 Å². The summed E-state index contributed by atoms with van der Waals surface area (Å²) in [5, 5.41) is 1.19. The fraction of sp³-hybridized carbons (Fsp3) is 0.615. The molecule has 0 spiro atoms. The van der Waals surface area contributed by atoms with Crippen LogP contribution >= 0.6 is 11.3 Å². The zero-order valence-corrected chi connectivity index (χ0v) is 11.3. The van der Waals surface area contributed by atoms with Crippen LogP contribution in [0, 0.1) is 6.92 Å². The lowest BCUT2D eigenvalue weighted by atomic mass is 10.1. The fourth-order valence-electron chi connectivity index (χ4n) is 2.06. The lowest BCUT2D eigenvalue weighted by molar-refractivity contribution is 0.576. The third kappa shape index (κ3) is 3.30. The molecule has 0 atom stereocenters. The van der Waals surface area contributed by atoms with Gasteiger partial charge in [-0.3, -0.25) is 0 Å². The summed E-state index contributed by atoms with van der Waals surface area (Å²) in [4.78, 5) is 8.37. The topological polar surface area (TPSA) is 42.2 Å². The fourth-order valence-corrected chi connectivity index (χ4v) is 3.10.